The molecule has 0 saturated heterocycles. The first kappa shape index (κ1) is 9.98. The van der Waals surface area contributed by atoms with Crippen LogP contribution < -0.4 is 11.1 Å². The zero-order chi connectivity index (χ0) is 9.52. The van der Waals surface area contributed by atoms with Gasteiger partial charge in [-0.05, 0) is 25.1 Å². The number of nitrogens with zero attached hydrogens (tertiary/aromatic N) is 2. The second-order valence-electron chi connectivity index (χ2n) is 2.80. The minimum atomic E-state index is 0.377. The van der Waals surface area contributed by atoms with Gasteiger partial charge in [0.25, 0.3) is 0 Å². The summed E-state index contributed by atoms with van der Waals surface area (Å²) in [5.74, 6) is 0. The summed E-state index contributed by atoms with van der Waals surface area (Å²) in [5.41, 5.74) is 5.27. The molecule has 13 heavy (non-hydrogen) atoms. The molecule has 1 aromatic rings. The topological polar surface area (TPSA) is 55.9 Å². The molecule has 0 aromatic carbocycles. The minimum Gasteiger partial charge on any atom is -0.376 e. The maximum atomic E-state index is 5.27. The van der Waals surface area contributed by atoms with E-state index in [1.54, 1.807) is 6.20 Å². The highest BCUT2D eigenvalue weighted by Gasteiger charge is 1.91. The summed E-state index contributed by atoms with van der Waals surface area (Å²) >= 11 is 4.68. The summed E-state index contributed by atoms with van der Waals surface area (Å²) in [5, 5.41) is 3.29. The Bertz CT molecular complexity index is 245. The van der Waals surface area contributed by atoms with Gasteiger partial charge in [0.15, 0.2) is 5.11 Å². The Balaban J connectivity index is 1.99. The second kappa shape index (κ2) is 5.53. The van der Waals surface area contributed by atoms with Crippen LogP contribution in [0.5, 0.6) is 0 Å². The van der Waals surface area contributed by atoms with Crippen LogP contribution in [0.3, 0.4) is 0 Å². The van der Waals surface area contributed by atoms with Gasteiger partial charge >= 0.3 is 0 Å². The molecular formula is C8H14N4S. The van der Waals surface area contributed by atoms with Gasteiger partial charge in [0.1, 0.15) is 0 Å². The number of rotatable bonds is 5. The van der Waals surface area contributed by atoms with Crippen LogP contribution in [0.4, 0.5) is 0 Å². The highest BCUT2D eigenvalue weighted by molar-refractivity contribution is 7.80. The van der Waals surface area contributed by atoms with Crippen LogP contribution >= 0.6 is 12.2 Å². The summed E-state index contributed by atoms with van der Waals surface area (Å²) in [4.78, 5) is 3.96. The van der Waals surface area contributed by atoms with Gasteiger partial charge in [-0.2, -0.15) is 0 Å². The molecular weight excluding hydrogens is 184 g/mol. The summed E-state index contributed by atoms with van der Waals surface area (Å²) in [6, 6.07) is 0. The van der Waals surface area contributed by atoms with Gasteiger partial charge < -0.3 is 15.6 Å². The molecule has 0 aliphatic rings. The maximum Gasteiger partial charge on any atom is 0.163 e. The quantitative estimate of drug-likeness (QED) is 0.534. The van der Waals surface area contributed by atoms with E-state index in [-0.39, 0.29) is 0 Å². The third-order valence-electron chi connectivity index (χ3n) is 1.70. The van der Waals surface area contributed by atoms with Crippen molar-refractivity contribution in [1.82, 2.24) is 14.9 Å². The lowest BCUT2D eigenvalue weighted by molar-refractivity contribution is 0.603. The van der Waals surface area contributed by atoms with Crippen LogP contribution in [0.15, 0.2) is 18.7 Å². The summed E-state index contributed by atoms with van der Waals surface area (Å²) < 4.78 is 2.06. The Kier molecular flexibility index (Phi) is 4.25. The van der Waals surface area contributed by atoms with Gasteiger partial charge in [0.05, 0.1) is 6.33 Å². The Morgan fingerprint density at radius 2 is 2.38 bits per heavy atom. The number of nitrogens with one attached hydrogen (secondary N) is 1. The van der Waals surface area contributed by atoms with Gasteiger partial charge in [-0.1, -0.05) is 0 Å². The molecule has 0 spiro atoms. The van der Waals surface area contributed by atoms with E-state index < -0.39 is 0 Å². The molecule has 1 heterocycles. The van der Waals surface area contributed by atoms with E-state index in [9.17, 15) is 0 Å². The molecule has 0 aliphatic carbocycles. The number of hydrogen-bond donors (Lipinski definition) is 2. The molecule has 0 saturated carbocycles. The van der Waals surface area contributed by atoms with Crippen LogP contribution in [0.2, 0.25) is 0 Å². The maximum absolute atomic E-state index is 5.27. The number of aryl methyl sites for hydroxylation is 1. The fourth-order valence-corrected chi connectivity index (χ4v) is 1.15. The van der Waals surface area contributed by atoms with Crippen molar-refractivity contribution in [2.24, 2.45) is 5.73 Å². The van der Waals surface area contributed by atoms with Crippen LogP contribution in [-0.4, -0.2) is 21.2 Å². The molecule has 72 valence electrons. The lowest BCUT2D eigenvalue weighted by Crippen LogP contribution is -2.29. The van der Waals surface area contributed by atoms with Crippen LogP contribution in [0.1, 0.15) is 12.8 Å². The number of unbranched alkanes of at least 4 members (excludes halogenated alkanes) is 1. The SMILES string of the molecule is NC(=S)NCCCCn1ccnc1. The molecule has 0 amide bonds. The zero-order valence-corrected chi connectivity index (χ0v) is 8.26. The average molecular weight is 198 g/mol. The fraction of sp³-hybridized carbons (Fsp3) is 0.500. The molecule has 0 unspecified atom stereocenters. The van der Waals surface area contributed by atoms with Gasteiger partial charge in [-0.15, -0.1) is 0 Å². The van der Waals surface area contributed by atoms with Crippen molar-refractivity contribution in [3.05, 3.63) is 18.7 Å². The van der Waals surface area contributed by atoms with Crippen molar-refractivity contribution in [2.45, 2.75) is 19.4 Å². The largest absolute Gasteiger partial charge is 0.376 e. The molecule has 0 fully saturated rings. The molecule has 0 aliphatic heterocycles. The van der Waals surface area contributed by atoms with Crippen LogP contribution in [0.25, 0.3) is 0 Å². The van der Waals surface area contributed by atoms with E-state index in [4.69, 9.17) is 5.73 Å². The van der Waals surface area contributed by atoms with E-state index in [2.05, 4.69) is 27.1 Å². The van der Waals surface area contributed by atoms with Gasteiger partial charge in [0, 0.05) is 25.5 Å². The van der Waals surface area contributed by atoms with E-state index in [1.165, 1.54) is 0 Å². The molecule has 0 radical (unpaired) electrons. The number of imidazole rings is 1. The fourth-order valence-electron chi connectivity index (χ4n) is 1.05. The van der Waals surface area contributed by atoms with Crippen molar-refractivity contribution in [1.29, 1.82) is 0 Å². The first-order chi connectivity index (χ1) is 6.29. The van der Waals surface area contributed by atoms with Crippen molar-refractivity contribution < 1.29 is 0 Å². The van der Waals surface area contributed by atoms with Gasteiger partial charge in [0.2, 0.25) is 0 Å². The predicted octanol–water partition coefficient (Wildman–Crippen LogP) is 0.496. The smallest absolute Gasteiger partial charge is 0.163 e. The Labute approximate surface area is 83.1 Å². The third kappa shape index (κ3) is 4.47. The monoisotopic (exact) mass is 198 g/mol. The normalized spacial score (nSPS) is 9.85. The highest BCUT2D eigenvalue weighted by Crippen LogP contribution is 1.93. The van der Waals surface area contributed by atoms with Gasteiger partial charge in [-0.25, -0.2) is 4.98 Å². The van der Waals surface area contributed by atoms with E-state index in [1.807, 2.05) is 12.5 Å². The Morgan fingerprint density at radius 3 is 3.00 bits per heavy atom. The van der Waals surface area contributed by atoms with Crippen molar-refractivity contribution in [3.8, 4) is 0 Å². The third-order valence-corrected chi connectivity index (χ3v) is 1.85. The average Bonchev–Trinajstić information content (AvgIpc) is 2.55. The van der Waals surface area contributed by atoms with Crippen molar-refractivity contribution in [2.75, 3.05) is 6.54 Å². The summed E-state index contributed by atoms with van der Waals surface area (Å²) in [6.07, 6.45) is 7.73. The van der Waals surface area contributed by atoms with Gasteiger partial charge in [-0.3, -0.25) is 0 Å². The van der Waals surface area contributed by atoms with Crippen molar-refractivity contribution >= 4 is 17.3 Å². The zero-order valence-electron chi connectivity index (χ0n) is 7.44. The predicted molar refractivity (Wildman–Crippen MR) is 56.2 cm³/mol. The molecule has 1 rings (SSSR count). The number of hydrogen-bond acceptors (Lipinski definition) is 2. The van der Waals surface area contributed by atoms with Crippen LogP contribution in [-0.2, 0) is 6.54 Å². The minimum absolute atomic E-state index is 0.377. The number of aromatic nitrogens is 2. The molecule has 3 N–H and O–H groups in total. The lowest BCUT2D eigenvalue weighted by atomic mass is 10.3. The summed E-state index contributed by atoms with van der Waals surface area (Å²) in [7, 11) is 0. The van der Waals surface area contributed by atoms with Crippen molar-refractivity contribution in [3.63, 3.8) is 0 Å². The summed E-state index contributed by atoms with van der Waals surface area (Å²) in [6.45, 7) is 1.85. The van der Waals surface area contributed by atoms with E-state index in [0.29, 0.717) is 5.11 Å². The standard InChI is InChI=1S/C8H14N4S/c9-8(13)11-3-1-2-5-12-6-4-10-7-12/h4,6-7H,1-3,5H2,(H3,9,11,13). The van der Waals surface area contributed by atoms with E-state index >= 15 is 0 Å². The molecule has 0 atom stereocenters. The molecule has 5 heteroatoms. The first-order valence-electron chi connectivity index (χ1n) is 4.28. The molecule has 1 aromatic heterocycles. The first-order valence-corrected chi connectivity index (χ1v) is 4.69. The number of nitrogens with two attached hydrogens (primary N) is 1. The molecule has 0 bridgehead atoms. The Morgan fingerprint density at radius 1 is 1.54 bits per heavy atom. The molecule has 4 nitrogen and oxygen atoms in total. The highest BCUT2D eigenvalue weighted by atomic mass is 32.1. The second-order valence-corrected chi connectivity index (χ2v) is 3.24. The lowest BCUT2D eigenvalue weighted by Gasteiger charge is -2.03. The van der Waals surface area contributed by atoms with E-state index in [0.717, 1.165) is 25.9 Å². The van der Waals surface area contributed by atoms with Crippen LogP contribution in [0, 0.1) is 0 Å². The number of thiocarbonyl (C=S) groups is 1. The Hall–Kier alpha value is -1.10.